The summed E-state index contributed by atoms with van der Waals surface area (Å²) in [5.74, 6) is -0.681. The molecule has 2 heterocycles. The summed E-state index contributed by atoms with van der Waals surface area (Å²) in [6.45, 7) is 2.40. The Morgan fingerprint density at radius 3 is 2.63 bits per heavy atom. The topological polar surface area (TPSA) is 73.6 Å². The number of ether oxygens (including phenoxy) is 2. The number of nitrogens with zero attached hydrogens (tertiary/aromatic N) is 4. The first-order valence-corrected chi connectivity index (χ1v) is 8.15. The minimum Gasteiger partial charge on any atom is -0.490 e. The number of aromatic nitrogens is 4. The first kappa shape index (κ1) is 19.2. The molecule has 0 aliphatic heterocycles. The van der Waals surface area contributed by atoms with Gasteiger partial charge in [-0.15, -0.1) is 5.10 Å². The predicted molar refractivity (Wildman–Crippen MR) is 92.6 cm³/mol. The summed E-state index contributed by atoms with van der Waals surface area (Å²) in [5.41, 5.74) is 1.02. The Morgan fingerprint density at radius 2 is 1.96 bits per heavy atom. The van der Waals surface area contributed by atoms with Crippen LogP contribution in [0.1, 0.15) is 11.5 Å². The molecular weight excluding hydrogens is 387 g/mol. The third-order valence-corrected chi connectivity index (χ3v) is 3.74. The molecule has 0 atom stereocenters. The number of hydrogen-bond acceptors (Lipinski definition) is 6. The maximum absolute atomic E-state index is 12.9. The molecule has 7 nitrogen and oxygen atoms in total. The molecule has 1 aromatic carbocycles. The van der Waals surface area contributed by atoms with Crippen LogP contribution >= 0.6 is 11.6 Å². The molecule has 0 fully saturated rings. The zero-order valence-electron chi connectivity index (χ0n) is 14.3. The summed E-state index contributed by atoms with van der Waals surface area (Å²) in [5, 5.41) is 6.81. The van der Waals surface area contributed by atoms with Gasteiger partial charge in [-0.1, -0.05) is 11.6 Å². The van der Waals surface area contributed by atoms with Gasteiger partial charge in [0.05, 0.1) is 11.6 Å². The van der Waals surface area contributed by atoms with E-state index in [0.29, 0.717) is 35.4 Å². The van der Waals surface area contributed by atoms with E-state index in [9.17, 15) is 13.2 Å². The summed E-state index contributed by atoms with van der Waals surface area (Å²) < 4.78 is 50.0. The van der Waals surface area contributed by atoms with Gasteiger partial charge in [0.25, 0.3) is 11.6 Å². The summed E-state index contributed by atoms with van der Waals surface area (Å²) in [6.07, 6.45) is -4.66. The van der Waals surface area contributed by atoms with Crippen molar-refractivity contribution in [3.63, 3.8) is 0 Å². The lowest BCUT2D eigenvalue weighted by Crippen LogP contribution is -2.08. The Hall–Kier alpha value is -2.59. The highest BCUT2D eigenvalue weighted by atomic mass is 35.5. The standard InChI is InChI=1S/C16H15ClF3N5O2/c1-9-7-13(25-15(21-9)23-14(24-25)16(18,19)20)22-10-3-4-12(11(17)8-10)27-6-5-26-2/h3-4,7-8,22H,5-6H2,1-2H3. The van der Waals surface area contributed by atoms with E-state index in [4.69, 9.17) is 21.1 Å². The molecule has 0 aliphatic carbocycles. The van der Waals surface area contributed by atoms with Crippen LogP contribution in [0.2, 0.25) is 5.02 Å². The van der Waals surface area contributed by atoms with Crippen molar-refractivity contribution in [2.75, 3.05) is 25.6 Å². The molecule has 0 aliphatic rings. The van der Waals surface area contributed by atoms with E-state index in [2.05, 4.69) is 20.4 Å². The van der Waals surface area contributed by atoms with E-state index in [1.807, 2.05) is 0 Å². The molecule has 0 bridgehead atoms. The van der Waals surface area contributed by atoms with Gasteiger partial charge in [-0.3, -0.25) is 0 Å². The third kappa shape index (κ3) is 4.40. The maximum Gasteiger partial charge on any atom is 0.453 e. The molecule has 11 heteroatoms. The summed E-state index contributed by atoms with van der Waals surface area (Å²) in [7, 11) is 1.56. The van der Waals surface area contributed by atoms with Gasteiger partial charge in [-0.2, -0.15) is 22.7 Å². The van der Waals surface area contributed by atoms with Crippen molar-refractivity contribution >= 4 is 28.9 Å². The van der Waals surface area contributed by atoms with Crippen LogP contribution in [0, 0.1) is 6.92 Å². The molecule has 0 amide bonds. The van der Waals surface area contributed by atoms with Gasteiger partial charge >= 0.3 is 6.18 Å². The van der Waals surface area contributed by atoms with Crippen LogP contribution in [0.3, 0.4) is 0 Å². The molecule has 0 spiro atoms. The molecule has 3 rings (SSSR count). The Bertz CT molecular complexity index is 961. The maximum atomic E-state index is 12.9. The highest BCUT2D eigenvalue weighted by molar-refractivity contribution is 6.32. The monoisotopic (exact) mass is 401 g/mol. The van der Waals surface area contributed by atoms with Crippen LogP contribution < -0.4 is 10.1 Å². The number of benzene rings is 1. The van der Waals surface area contributed by atoms with Gasteiger partial charge in [-0.05, 0) is 25.1 Å². The predicted octanol–water partition coefficient (Wildman–Crippen LogP) is 3.87. The number of methoxy groups -OCH3 is 1. The quantitative estimate of drug-likeness (QED) is 0.632. The second-order valence-corrected chi connectivity index (χ2v) is 5.95. The number of anilines is 2. The van der Waals surface area contributed by atoms with E-state index in [1.165, 1.54) is 0 Å². The van der Waals surface area contributed by atoms with Crippen LogP contribution in [0.25, 0.3) is 5.78 Å². The summed E-state index contributed by atoms with van der Waals surface area (Å²) >= 11 is 6.19. The van der Waals surface area contributed by atoms with Crippen molar-refractivity contribution in [3.05, 3.63) is 40.8 Å². The Labute approximate surface area is 157 Å². The average molecular weight is 402 g/mol. The number of hydrogen-bond donors (Lipinski definition) is 1. The van der Waals surface area contributed by atoms with Gasteiger partial charge in [-0.25, -0.2) is 4.98 Å². The number of alkyl halides is 3. The van der Waals surface area contributed by atoms with Gasteiger partial charge in [0.1, 0.15) is 18.2 Å². The molecule has 0 radical (unpaired) electrons. The van der Waals surface area contributed by atoms with Gasteiger partial charge in [0.2, 0.25) is 0 Å². The van der Waals surface area contributed by atoms with Crippen molar-refractivity contribution in [3.8, 4) is 5.75 Å². The SMILES string of the molecule is COCCOc1ccc(Nc2cc(C)nc3nc(C(F)(F)F)nn23)cc1Cl. The summed E-state index contributed by atoms with van der Waals surface area (Å²) in [6, 6.07) is 6.47. The number of fused-ring (bicyclic) bond motifs is 1. The zero-order valence-corrected chi connectivity index (χ0v) is 15.1. The Balaban J connectivity index is 1.90. The van der Waals surface area contributed by atoms with Crippen LogP contribution in [0.4, 0.5) is 24.7 Å². The molecular formula is C16H15ClF3N5O2. The Morgan fingerprint density at radius 1 is 1.19 bits per heavy atom. The lowest BCUT2D eigenvalue weighted by Gasteiger charge is -2.11. The molecule has 0 saturated carbocycles. The van der Waals surface area contributed by atoms with E-state index < -0.39 is 12.0 Å². The second-order valence-electron chi connectivity index (χ2n) is 5.54. The lowest BCUT2D eigenvalue weighted by molar-refractivity contribution is -0.144. The highest BCUT2D eigenvalue weighted by Gasteiger charge is 2.36. The van der Waals surface area contributed by atoms with E-state index in [-0.39, 0.29) is 11.6 Å². The first-order chi connectivity index (χ1) is 12.8. The largest absolute Gasteiger partial charge is 0.490 e. The molecule has 27 heavy (non-hydrogen) atoms. The third-order valence-electron chi connectivity index (χ3n) is 3.44. The number of rotatable bonds is 6. The first-order valence-electron chi connectivity index (χ1n) is 7.78. The molecule has 1 N–H and O–H groups in total. The van der Waals surface area contributed by atoms with Crippen LogP contribution in [-0.4, -0.2) is 39.9 Å². The zero-order chi connectivity index (χ0) is 19.6. The van der Waals surface area contributed by atoms with Crippen molar-refractivity contribution in [1.29, 1.82) is 0 Å². The number of halogens is 4. The summed E-state index contributed by atoms with van der Waals surface area (Å²) in [4.78, 5) is 7.42. The normalized spacial score (nSPS) is 11.8. The van der Waals surface area contributed by atoms with Gasteiger partial charge in [0, 0.05) is 24.6 Å². The fourth-order valence-electron chi connectivity index (χ4n) is 2.27. The van der Waals surface area contributed by atoms with Gasteiger partial charge < -0.3 is 14.8 Å². The Kier molecular flexibility index (Phi) is 5.38. The molecule has 3 aromatic rings. The average Bonchev–Trinajstić information content (AvgIpc) is 3.01. The number of aryl methyl sites for hydroxylation is 1. The van der Waals surface area contributed by atoms with Crippen LogP contribution in [-0.2, 0) is 10.9 Å². The van der Waals surface area contributed by atoms with Crippen LogP contribution in [0.15, 0.2) is 24.3 Å². The highest BCUT2D eigenvalue weighted by Crippen LogP contribution is 2.30. The second kappa shape index (κ2) is 7.57. The minimum atomic E-state index is -4.66. The molecule has 144 valence electrons. The fraction of sp³-hybridized carbons (Fsp3) is 0.312. The van der Waals surface area contributed by atoms with E-state index in [0.717, 1.165) is 4.52 Å². The lowest BCUT2D eigenvalue weighted by atomic mass is 10.3. The van der Waals surface area contributed by atoms with Gasteiger partial charge in [0.15, 0.2) is 0 Å². The van der Waals surface area contributed by atoms with Crippen molar-refractivity contribution in [2.24, 2.45) is 0 Å². The minimum absolute atomic E-state index is 0.157. The van der Waals surface area contributed by atoms with Crippen molar-refractivity contribution in [1.82, 2.24) is 19.6 Å². The number of nitrogens with one attached hydrogen (secondary N) is 1. The van der Waals surface area contributed by atoms with Crippen molar-refractivity contribution in [2.45, 2.75) is 13.1 Å². The van der Waals surface area contributed by atoms with Crippen molar-refractivity contribution < 1.29 is 22.6 Å². The van der Waals surface area contributed by atoms with E-state index >= 15 is 0 Å². The van der Waals surface area contributed by atoms with Crippen LogP contribution in [0.5, 0.6) is 5.75 Å². The smallest absolute Gasteiger partial charge is 0.453 e. The molecule has 0 unspecified atom stereocenters. The molecule has 2 aromatic heterocycles. The molecule has 0 saturated heterocycles. The van der Waals surface area contributed by atoms with E-state index in [1.54, 1.807) is 38.3 Å². The fourth-order valence-corrected chi connectivity index (χ4v) is 2.51.